The number of halogens is 1. The molecule has 2 aromatic heterocycles. The first-order chi connectivity index (χ1) is 12.1. The first kappa shape index (κ1) is 15.6. The van der Waals surface area contributed by atoms with Gasteiger partial charge < -0.3 is 5.32 Å². The van der Waals surface area contributed by atoms with Crippen LogP contribution in [-0.2, 0) is 0 Å². The minimum absolute atomic E-state index is 0.542. The van der Waals surface area contributed by atoms with Crippen molar-refractivity contribution in [3.63, 3.8) is 0 Å². The maximum Gasteiger partial charge on any atom is 0.253 e. The summed E-state index contributed by atoms with van der Waals surface area (Å²) in [6.45, 7) is 3.95. The van der Waals surface area contributed by atoms with Crippen molar-refractivity contribution in [2.45, 2.75) is 13.8 Å². The van der Waals surface area contributed by atoms with Gasteiger partial charge in [0.25, 0.3) is 5.95 Å². The number of aromatic nitrogens is 4. The highest BCUT2D eigenvalue weighted by atomic mass is 35.5. The number of nitrogens with zero attached hydrogens (tertiary/aromatic N) is 4. The van der Waals surface area contributed by atoms with Crippen molar-refractivity contribution in [1.29, 1.82) is 0 Å². The van der Waals surface area contributed by atoms with Crippen molar-refractivity contribution < 1.29 is 0 Å². The van der Waals surface area contributed by atoms with E-state index in [1.165, 1.54) is 0 Å². The van der Waals surface area contributed by atoms with Crippen LogP contribution in [0.15, 0.2) is 54.6 Å². The molecule has 5 nitrogen and oxygen atoms in total. The van der Waals surface area contributed by atoms with Gasteiger partial charge in [-0.3, -0.25) is 0 Å². The van der Waals surface area contributed by atoms with Crippen molar-refractivity contribution >= 4 is 34.0 Å². The van der Waals surface area contributed by atoms with Gasteiger partial charge in [0.2, 0.25) is 0 Å². The summed E-state index contributed by atoms with van der Waals surface area (Å²) in [6, 6.07) is 17.4. The summed E-state index contributed by atoms with van der Waals surface area (Å²) in [7, 11) is 0. The second-order valence-electron chi connectivity index (χ2n) is 5.86. The Balaban J connectivity index is 1.86. The summed E-state index contributed by atoms with van der Waals surface area (Å²) in [5.41, 5.74) is 3.69. The van der Waals surface area contributed by atoms with Gasteiger partial charge in [-0.25, -0.2) is 9.67 Å². The summed E-state index contributed by atoms with van der Waals surface area (Å²) in [5.74, 6) is 1.27. The number of nitrogens with one attached hydrogen (secondary N) is 1. The lowest BCUT2D eigenvalue weighted by molar-refractivity contribution is 0.781. The van der Waals surface area contributed by atoms with Crippen LogP contribution in [0, 0.1) is 13.8 Å². The Morgan fingerprint density at radius 1 is 0.960 bits per heavy atom. The number of aryl methyl sites for hydroxylation is 2. The molecule has 1 N–H and O–H groups in total. The summed E-state index contributed by atoms with van der Waals surface area (Å²) in [6.07, 6.45) is 0. The van der Waals surface area contributed by atoms with Crippen LogP contribution in [0.4, 0.5) is 11.5 Å². The number of hydrogen-bond donors (Lipinski definition) is 1. The zero-order valence-corrected chi connectivity index (χ0v) is 14.6. The Kier molecular flexibility index (Phi) is 3.86. The third-order valence-corrected chi connectivity index (χ3v) is 4.15. The average molecular weight is 350 g/mol. The highest BCUT2D eigenvalue weighted by molar-refractivity contribution is 6.30. The molecule has 2 heterocycles. The zero-order valence-electron chi connectivity index (χ0n) is 13.9. The largest absolute Gasteiger partial charge is 0.340 e. The summed E-state index contributed by atoms with van der Waals surface area (Å²) >= 11 is 5.97. The molecule has 0 fully saturated rings. The van der Waals surface area contributed by atoms with E-state index < -0.39 is 0 Å². The molecule has 0 aliphatic rings. The Bertz CT molecular complexity index is 1050. The molecule has 25 heavy (non-hydrogen) atoms. The molecule has 0 spiro atoms. The normalized spacial score (nSPS) is 11.0. The molecule has 4 aromatic rings. The highest BCUT2D eigenvalue weighted by Gasteiger charge is 2.12. The van der Waals surface area contributed by atoms with Gasteiger partial charge in [-0.05, 0) is 56.3 Å². The van der Waals surface area contributed by atoms with Crippen LogP contribution in [0.1, 0.15) is 11.4 Å². The van der Waals surface area contributed by atoms with Crippen LogP contribution in [0.2, 0.25) is 5.02 Å². The van der Waals surface area contributed by atoms with Gasteiger partial charge in [-0.2, -0.15) is 10.1 Å². The molecule has 0 aliphatic heterocycles. The molecule has 124 valence electrons. The van der Waals surface area contributed by atoms with Gasteiger partial charge in [0, 0.05) is 21.8 Å². The fraction of sp³-hybridized carbons (Fsp3) is 0.105. The minimum atomic E-state index is 0.542. The fourth-order valence-corrected chi connectivity index (χ4v) is 2.88. The highest BCUT2D eigenvalue weighted by Crippen LogP contribution is 2.25. The predicted molar refractivity (Wildman–Crippen MR) is 101 cm³/mol. The van der Waals surface area contributed by atoms with Crippen molar-refractivity contribution in [2.75, 3.05) is 5.32 Å². The molecule has 0 bridgehead atoms. The second kappa shape index (κ2) is 6.18. The fourth-order valence-electron chi connectivity index (χ4n) is 2.76. The topological polar surface area (TPSA) is 55.6 Å². The van der Waals surface area contributed by atoms with Gasteiger partial charge in [0.15, 0.2) is 0 Å². The number of rotatable bonds is 3. The van der Waals surface area contributed by atoms with E-state index in [0.717, 1.165) is 33.8 Å². The van der Waals surface area contributed by atoms with Crippen molar-refractivity contribution in [3.05, 3.63) is 71.0 Å². The van der Waals surface area contributed by atoms with E-state index in [1.807, 2.05) is 68.4 Å². The number of anilines is 2. The number of hydrogen-bond acceptors (Lipinski definition) is 4. The molecular weight excluding hydrogens is 334 g/mol. The summed E-state index contributed by atoms with van der Waals surface area (Å²) in [5, 5.41) is 9.50. The predicted octanol–water partition coefficient (Wildman–Crippen LogP) is 4.83. The van der Waals surface area contributed by atoms with Gasteiger partial charge in [0.1, 0.15) is 5.82 Å². The van der Waals surface area contributed by atoms with E-state index in [1.54, 1.807) is 4.68 Å². The molecule has 0 saturated heterocycles. The molecule has 0 atom stereocenters. The minimum Gasteiger partial charge on any atom is -0.340 e. The smallest absolute Gasteiger partial charge is 0.253 e. The molecule has 6 heteroatoms. The first-order valence-electron chi connectivity index (χ1n) is 7.93. The standard InChI is InChI=1S/C19H16ClN5/c1-12-11-13(2)25(24-12)19-22-17-6-4-3-5-16(17)18(23-19)21-15-9-7-14(20)8-10-15/h3-11H,1-2H3,(H,21,22,23). The van der Waals surface area contributed by atoms with Crippen LogP contribution in [-0.4, -0.2) is 19.7 Å². The zero-order chi connectivity index (χ0) is 17.4. The Hall–Kier alpha value is -2.92. The third kappa shape index (κ3) is 3.06. The van der Waals surface area contributed by atoms with E-state index in [4.69, 9.17) is 16.6 Å². The van der Waals surface area contributed by atoms with E-state index >= 15 is 0 Å². The number of fused-ring (bicyclic) bond motifs is 1. The average Bonchev–Trinajstić information content (AvgIpc) is 2.95. The molecule has 0 unspecified atom stereocenters. The Morgan fingerprint density at radius 2 is 1.72 bits per heavy atom. The lowest BCUT2D eigenvalue weighted by Gasteiger charge is -2.11. The van der Waals surface area contributed by atoms with Crippen LogP contribution >= 0.6 is 11.6 Å². The Morgan fingerprint density at radius 3 is 2.44 bits per heavy atom. The SMILES string of the molecule is Cc1cc(C)n(-c2nc(Nc3ccc(Cl)cc3)c3ccccc3n2)n1. The molecule has 0 saturated carbocycles. The molecule has 0 radical (unpaired) electrons. The van der Waals surface area contributed by atoms with E-state index in [-0.39, 0.29) is 0 Å². The van der Waals surface area contributed by atoms with Crippen LogP contribution < -0.4 is 5.32 Å². The summed E-state index contributed by atoms with van der Waals surface area (Å²) < 4.78 is 1.76. The molecule has 4 rings (SSSR count). The number of para-hydroxylation sites is 1. The van der Waals surface area contributed by atoms with Gasteiger partial charge in [0.05, 0.1) is 11.2 Å². The Labute approximate surface area is 150 Å². The first-order valence-corrected chi connectivity index (χ1v) is 8.31. The van der Waals surface area contributed by atoms with Gasteiger partial charge in [-0.15, -0.1) is 0 Å². The van der Waals surface area contributed by atoms with E-state index in [0.29, 0.717) is 11.0 Å². The molecule has 2 aromatic carbocycles. The number of benzene rings is 2. The quantitative estimate of drug-likeness (QED) is 0.575. The van der Waals surface area contributed by atoms with Gasteiger partial charge >= 0.3 is 0 Å². The molecule has 0 aliphatic carbocycles. The summed E-state index contributed by atoms with van der Waals surface area (Å²) in [4.78, 5) is 9.37. The van der Waals surface area contributed by atoms with Crippen LogP contribution in [0.5, 0.6) is 0 Å². The van der Waals surface area contributed by atoms with Crippen molar-refractivity contribution in [3.8, 4) is 5.95 Å². The van der Waals surface area contributed by atoms with Gasteiger partial charge in [-0.1, -0.05) is 23.7 Å². The molecular formula is C19H16ClN5. The van der Waals surface area contributed by atoms with Crippen molar-refractivity contribution in [1.82, 2.24) is 19.7 Å². The lowest BCUT2D eigenvalue weighted by Crippen LogP contribution is -2.07. The molecule has 0 amide bonds. The maximum atomic E-state index is 5.97. The van der Waals surface area contributed by atoms with Crippen molar-refractivity contribution in [2.24, 2.45) is 0 Å². The monoisotopic (exact) mass is 349 g/mol. The lowest BCUT2D eigenvalue weighted by atomic mass is 10.2. The van der Waals surface area contributed by atoms with E-state index in [2.05, 4.69) is 15.4 Å². The van der Waals surface area contributed by atoms with E-state index in [9.17, 15) is 0 Å². The van der Waals surface area contributed by atoms with Crippen LogP contribution in [0.3, 0.4) is 0 Å². The second-order valence-corrected chi connectivity index (χ2v) is 6.30. The third-order valence-electron chi connectivity index (χ3n) is 3.90. The maximum absolute atomic E-state index is 5.97. The van der Waals surface area contributed by atoms with Crippen LogP contribution in [0.25, 0.3) is 16.9 Å².